The van der Waals surface area contributed by atoms with Crippen LogP contribution in [0.5, 0.6) is 0 Å². The molecule has 0 unspecified atom stereocenters. The van der Waals surface area contributed by atoms with Gasteiger partial charge in [-0.25, -0.2) is 9.67 Å². The Bertz CT molecular complexity index is 1410. The molecule has 8 nitrogen and oxygen atoms in total. The Hall–Kier alpha value is -3.36. The third-order valence-electron chi connectivity index (χ3n) is 6.35. The minimum atomic E-state index is -0.0414. The summed E-state index contributed by atoms with van der Waals surface area (Å²) < 4.78 is 3.31. The number of aryl methyl sites for hydroxylation is 1. The van der Waals surface area contributed by atoms with Crippen molar-refractivity contribution in [3.8, 4) is 5.82 Å². The molecule has 1 saturated carbocycles. The van der Waals surface area contributed by atoms with Crippen molar-refractivity contribution < 1.29 is 5.11 Å². The second kappa shape index (κ2) is 9.12. The van der Waals surface area contributed by atoms with Crippen LogP contribution in [0.25, 0.3) is 16.7 Å². The van der Waals surface area contributed by atoms with Crippen molar-refractivity contribution in [1.29, 1.82) is 0 Å². The number of aromatic nitrogens is 4. The van der Waals surface area contributed by atoms with Crippen molar-refractivity contribution in [2.75, 3.05) is 17.2 Å². The van der Waals surface area contributed by atoms with Gasteiger partial charge in [-0.2, -0.15) is 5.10 Å². The van der Waals surface area contributed by atoms with Crippen molar-refractivity contribution in [2.24, 2.45) is 13.0 Å². The summed E-state index contributed by atoms with van der Waals surface area (Å²) >= 11 is 6.45. The molecule has 0 bridgehead atoms. The van der Waals surface area contributed by atoms with E-state index in [0.29, 0.717) is 34.9 Å². The van der Waals surface area contributed by atoms with E-state index in [2.05, 4.69) is 27.6 Å². The van der Waals surface area contributed by atoms with Crippen molar-refractivity contribution in [3.63, 3.8) is 0 Å². The van der Waals surface area contributed by atoms with Crippen LogP contribution < -0.4 is 16.2 Å². The summed E-state index contributed by atoms with van der Waals surface area (Å²) in [6.07, 6.45) is 8.13. The molecule has 1 aromatic carbocycles. The van der Waals surface area contributed by atoms with Gasteiger partial charge in [-0.05, 0) is 55.9 Å². The van der Waals surface area contributed by atoms with Crippen molar-refractivity contribution in [1.82, 2.24) is 19.3 Å². The lowest BCUT2D eigenvalue weighted by atomic mass is 10.1. The molecule has 34 heavy (non-hydrogen) atoms. The van der Waals surface area contributed by atoms with Gasteiger partial charge in [-0.3, -0.25) is 4.79 Å². The van der Waals surface area contributed by atoms with Crippen LogP contribution >= 0.6 is 11.6 Å². The maximum atomic E-state index is 12.5. The zero-order valence-electron chi connectivity index (χ0n) is 19.1. The number of rotatable bonds is 8. The molecule has 1 aliphatic carbocycles. The smallest absolute Gasteiger partial charge is 0.252 e. The number of hydrogen-bond donors (Lipinski definition) is 3. The van der Waals surface area contributed by atoms with E-state index >= 15 is 0 Å². The van der Waals surface area contributed by atoms with Crippen LogP contribution in [-0.2, 0) is 13.5 Å². The first-order chi connectivity index (χ1) is 16.4. The van der Waals surface area contributed by atoms with Crippen LogP contribution in [0.15, 0.2) is 53.7 Å². The lowest BCUT2D eigenvalue weighted by Gasteiger charge is -2.18. The molecular weight excluding hydrogens is 452 g/mol. The zero-order chi connectivity index (χ0) is 23.8. The number of hydrogen-bond acceptors (Lipinski definition) is 6. The molecule has 176 valence electrons. The minimum absolute atomic E-state index is 0.0414. The molecule has 4 aromatic rings. The van der Waals surface area contributed by atoms with Gasteiger partial charge >= 0.3 is 0 Å². The third-order valence-corrected chi connectivity index (χ3v) is 6.65. The Morgan fingerprint density at radius 1 is 1.21 bits per heavy atom. The average molecular weight is 479 g/mol. The molecule has 0 amide bonds. The number of benzene rings is 1. The number of nitrogens with zero attached hydrogens (tertiary/aromatic N) is 4. The highest BCUT2D eigenvalue weighted by Crippen LogP contribution is 2.36. The highest BCUT2D eigenvalue weighted by molar-refractivity contribution is 6.33. The molecular formula is C25H27ClN6O2. The molecule has 0 aliphatic heterocycles. The molecule has 0 spiro atoms. The van der Waals surface area contributed by atoms with E-state index in [4.69, 9.17) is 16.7 Å². The standard InChI is InChI=1S/C25H27ClN6O2/c1-15(17-3-4-17)29-21-11-25(34)31(2)23-6-5-18(9-19(21)23)30-22-10-24(27-13-20(22)26)32-14-16(7-8-33)12-28-32/h5-6,9-15,17,29,33H,3-4,7-8H2,1-2H3,(H,27,30)/t15-/m1/s1. The van der Waals surface area contributed by atoms with Gasteiger partial charge < -0.3 is 20.3 Å². The van der Waals surface area contributed by atoms with E-state index in [1.54, 1.807) is 34.8 Å². The second-order valence-electron chi connectivity index (χ2n) is 8.87. The molecule has 0 radical (unpaired) electrons. The lowest BCUT2D eigenvalue weighted by molar-refractivity contribution is 0.299. The molecule has 3 heterocycles. The largest absolute Gasteiger partial charge is 0.396 e. The van der Waals surface area contributed by atoms with Gasteiger partial charge in [0.15, 0.2) is 5.82 Å². The fourth-order valence-electron chi connectivity index (χ4n) is 4.17. The van der Waals surface area contributed by atoms with Gasteiger partial charge in [0.05, 0.1) is 28.6 Å². The number of fused-ring (bicyclic) bond motifs is 1. The van der Waals surface area contributed by atoms with E-state index < -0.39 is 0 Å². The number of aliphatic hydroxyl groups excluding tert-OH is 1. The molecule has 5 rings (SSSR count). The van der Waals surface area contributed by atoms with E-state index in [1.165, 1.54) is 12.8 Å². The highest BCUT2D eigenvalue weighted by atomic mass is 35.5. The van der Waals surface area contributed by atoms with Crippen LogP contribution in [0, 0.1) is 5.92 Å². The monoisotopic (exact) mass is 478 g/mol. The summed E-state index contributed by atoms with van der Waals surface area (Å²) in [7, 11) is 1.78. The van der Waals surface area contributed by atoms with E-state index in [0.717, 1.165) is 27.8 Å². The number of pyridine rings is 2. The van der Waals surface area contributed by atoms with Crippen LogP contribution in [0.2, 0.25) is 5.02 Å². The fourth-order valence-corrected chi connectivity index (χ4v) is 4.32. The number of aliphatic hydroxyl groups is 1. The predicted molar refractivity (Wildman–Crippen MR) is 135 cm³/mol. The number of anilines is 3. The van der Waals surface area contributed by atoms with Crippen LogP contribution in [0.3, 0.4) is 0 Å². The van der Waals surface area contributed by atoms with Gasteiger partial charge in [0.1, 0.15) is 0 Å². The maximum absolute atomic E-state index is 12.5. The Labute approximate surface area is 202 Å². The quantitative estimate of drug-likeness (QED) is 0.350. The molecule has 9 heteroatoms. The van der Waals surface area contributed by atoms with Gasteiger partial charge in [0.2, 0.25) is 0 Å². The van der Waals surface area contributed by atoms with Crippen molar-refractivity contribution in [3.05, 3.63) is 69.9 Å². The third kappa shape index (κ3) is 4.51. The average Bonchev–Trinajstić information content (AvgIpc) is 3.58. The fraction of sp³-hybridized carbons (Fsp3) is 0.320. The summed E-state index contributed by atoms with van der Waals surface area (Å²) in [5, 5.41) is 21.9. The van der Waals surface area contributed by atoms with Crippen molar-refractivity contribution in [2.45, 2.75) is 32.2 Å². The first kappa shape index (κ1) is 22.4. The van der Waals surface area contributed by atoms with Crippen LogP contribution in [0.1, 0.15) is 25.3 Å². The first-order valence-electron chi connectivity index (χ1n) is 11.4. The molecule has 1 fully saturated rings. The topological polar surface area (TPSA) is 97.0 Å². The van der Waals surface area contributed by atoms with Crippen LogP contribution in [0.4, 0.5) is 17.1 Å². The highest BCUT2D eigenvalue weighted by Gasteiger charge is 2.28. The number of nitrogens with one attached hydrogen (secondary N) is 2. The van der Waals surface area contributed by atoms with E-state index in [1.807, 2.05) is 30.5 Å². The van der Waals surface area contributed by atoms with Crippen molar-refractivity contribution >= 4 is 39.6 Å². The molecule has 1 atom stereocenters. The Morgan fingerprint density at radius 2 is 2.03 bits per heavy atom. The van der Waals surface area contributed by atoms with Crippen LogP contribution in [-0.4, -0.2) is 37.1 Å². The Balaban J connectivity index is 1.48. The Morgan fingerprint density at radius 3 is 2.79 bits per heavy atom. The molecule has 3 aromatic heterocycles. The minimum Gasteiger partial charge on any atom is -0.396 e. The van der Waals surface area contributed by atoms with E-state index in [-0.39, 0.29) is 12.2 Å². The van der Waals surface area contributed by atoms with Gasteiger partial charge in [-0.15, -0.1) is 0 Å². The SMILES string of the molecule is C[C@@H](Nc1cc(=O)n(C)c2ccc(Nc3cc(-n4cc(CCO)cn4)ncc3Cl)cc12)C1CC1. The Kier molecular flexibility index (Phi) is 6.02. The first-order valence-corrected chi connectivity index (χ1v) is 11.8. The second-order valence-corrected chi connectivity index (χ2v) is 9.28. The summed E-state index contributed by atoms with van der Waals surface area (Å²) in [4.78, 5) is 16.9. The predicted octanol–water partition coefficient (Wildman–Crippen LogP) is 4.26. The maximum Gasteiger partial charge on any atom is 0.252 e. The zero-order valence-corrected chi connectivity index (χ0v) is 19.9. The summed E-state index contributed by atoms with van der Waals surface area (Å²) in [5.74, 6) is 1.27. The summed E-state index contributed by atoms with van der Waals surface area (Å²) in [6.45, 7) is 2.24. The number of halogens is 1. The molecule has 1 aliphatic rings. The molecule has 3 N–H and O–H groups in total. The summed E-state index contributed by atoms with van der Waals surface area (Å²) in [6, 6.07) is 9.71. The van der Waals surface area contributed by atoms with Gasteiger partial charge in [0, 0.05) is 54.8 Å². The normalized spacial score (nSPS) is 14.4. The van der Waals surface area contributed by atoms with Gasteiger partial charge in [-0.1, -0.05) is 11.6 Å². The molecule has 0 saturated heterocycles. The lowest BCUT2D eigenvalue weighted by Crippen LogP contribution is -2.22. The summed E-state index contributed by atoms with van der Waals surface area (Å²) in [5.41, 5.74) is 4.12. The van der Waals surface area contributed by atoms with Gasteiger partial charge in [0.25, 0.3) is 5.56 Å². The van der Waals surface area contributed by atoms with E-state index in [9.17, 15) is 4.79 Å².